The summed E-state index contributed by atoms with van der Waals surface area (Å²) in [6.45, 7) is 2.08. The number of carbonyl (C=O) groups excluding carboxylic acids is 2. The molecule has 0 aliphatic rings. The lowest BCUT2D eigenvalue weighted by Crippen LogP contribution is -2.14. The molecule has 3 aromatic rings. The Labute approximate surface area is 162 Å². The number of amides is 1. The van der Waals surface area contributed by atoms with Crippen LogP contribution in [0.2, 0.25) is 0 Å². The minimum atomic E-state index is -0.397. The van der Waals surface area contributed by atoms with Crippen molar-refractivity contribution in [3.8, 4) is 0 Å². The minimum absolute atomic E-state index is 0.214. The standard InChI is InChI=1S/C21H20N4O3/c1-3-14-4-8-17(9-5-14)25-20(26)18-12-23-19(13-22-18)24-16-10-6-15(7-11-16)21(27)28-2/h4-13H,3H2,1-2H3,(H,23,24)(H,25,26). The highest BCUT2D eigenvalue weighted by molar-refractivity contribution is 6.02. The van der Waals surface area contributed by atoms with Crippen LogP contribution in [-0.2, 0) is 11.2 Å². The van der Waals surface area contributed by atoms with Crippen LogP contribution in [0.3, 0.4) is 0 Å². The van der Waals surface area contributed by atoms with Crippen molar-refractivity contribution in [2.24, 2.45) is 0 Å². The van der Waals surface area contributed by atoms with Gasteiger partial charge in [0.05, 0.1) is 25.1 Å². The van der Waals surface area contributed by atoms with Crippen LogP contribution in [-0.4, -0.2) is 29.0 Å². The summed E-state index contributed by atoms with van der Waals surface area (Å²) in [7, 11) is 1.34. The maximum atomic E-state index is 12.3. The van der Waals surface area contributed by atoms with Crippen LogP contribution in [0.1, 0.15) is 33.3 Å². The Morgan fingerprint density at radius 3 is 2.18 bits per heavy atom. The number of anilines is 3. The third kappa shape index (κ3) is 4.70. The van der Waals surface area contributed by atoms with Gasteiger partial charge in [-0.2, -0.15) is 0 Å². The largest absolute Gasteiger partial charge is 0.465 e. The molecule has 0 radical (unpaired) electrons. The first kappa shape index (κ1) is 19.0. The highest BCUT2D eigenvalue weighted by atomic mass is 16.5. The predicted molar refractivity (Wildman–Crippen MR) is 107 cm³/mol. The zero-order chi connectivity index (χ0) is 19.9. The number of nitrogens with zero attached hydrogens (tertiary/aromatic N) is 2. The first-order valence-corrected chi connectivity index (χ1v) is 8.76. The molecular weight excluding hydrogens is 356 g/mol. The van der Waals surface area contributed by atoms with Crippen molar-refractivity contribution in [1.82, 2.24) is 9.97 Å². The van der Waals surface area contributed by atoms with Crippen molar-refractivity contribution >= 4 is 29.1 Å². The van der Waals surface area contributed by atoms with Crippen molar-refractivity contribution < 1.29 is 14.3 Å². The molecular formula is C21H20N4O3. The molecule has 3 rings (SSSR count). The molecule has 0 unspecified atom stereocenters. The number of hydrogen-bond acceptors (Lipinski definition) is 6. The van der Waals surface area contributed by atoms with E-state index in [-0.39, 0.29) is 11.6 Å². The van der Waals surface area contributed by atoms with Gasteiger partial charge in [-0.3, -0.25) is 4.79 Å². The number of carbonyl (C=O) groups is 2. The van der Waals surface area contributed by atoms with Gasteiger partial charge < -0.3 is 15.4 Å². The van der Waals surface area contributed by atoms with E-state index < -0.39 is 5.97 Å². The number of aryl methyl sites for hydroxylation is 1. The molecule has 1 amide bonds. The topological polar surface area (TPSA) is 93.2 Å². The molecule has 0 saturated carbocycles. The average molecular weight is 376 g/mol. The van der Waals surface area contributed by atoms with Gasteiger partial charge in [-0.05, 0) is 48.4 Å². The van der Waals surface area contributed by atoms with Gasteiger partial charge in [-0.1, -0.05) is 19.1 Å². The number of esters is 1. The molecule has 1 heterocycles. The number of methoxy groups -OCH3 is 1. The van der Waals surface area contributed by atoms with Gasteiger partial charge in [-0.25, -0.2) is 14.8 Å². The fourth-order valence-corrected chi connectivity index (χ4v) is 2.48. The van der Waals surface area contributed by atoms with E-state index in [2.05, 4.69) is 32.3 Å². The van der Waals surface area contributed by atoms with E-state index in [1.54, 1.807) is 24.3 Å². The van der Waals surface area contributed by atoms with Gasteiger partial charge >= 0.3 is 5.97 Å². The molecule has 0 aliphatic carbocycles. The molecule has 0 saturated heterocycles. The molecule has 0 atom stereocenters. The quantitative estimate of drug-likeness (QED) is 0.635. The second kappa shape index (κ2) is 8.77. The maximum absolute atomic E-state index is 12.3. The second-order valence-corrected chi connectivity index (χ2v) is 5.99. The third-order valence-electron chi connectivity index (χ3n) is 4.08. The Hall–Kier alpha value is -3.74. The number of hydrogen-bond donors (Lipinski definition) is 2. The van der Waals surface area contributed by atoms with Crippen LogP contribution in [0.4, 0.5) is 17.2 Å². The van der Waals surface area contributed by atoms with Crippen LogP contribution >= 0.6 is 0 Å². The second-order valence-electron chi connectivity index (χ2n) is 5.99. The van der Waals surface area contributed by atoms with Gasteiger partial charge in [0.25, 0.3) is 5.91 Å². The van der Waals surface area contributed by atoms with Crippen molar-refractivity contribution in [2.75, 3.05) is 17.7 Å². The van der Waals surface area contributed by atoms with Gasteiger partial charge in [0.15, 0.2) is 0 Å². The van der Waals surface area contributed by atoms with Crippen LogP contribution in [0, 0.1) is 0 Å². The van der Waals surface area contributed by atoms with E-state index in [1.807, 2.05) is 24.3 Å². The summed E-state index contributed by atoms with van der Waals surface area (Å²) in [5.74, 6) is -0.244. The summed E-state index contributed by atoms with van der Waals surface area (Å²) in [4.78, 5) is 32.1. The van der Waals surface area contributed by atoms with Crippen molar-refractivity contribution in [3.05, 3.63) is 77.7 Å². The summed E-state index contributed by atoms with van der Waals surface area (Å²) < 4.78 is 4.66. The van der Waals surface area contributed by atoms with Gasteiger partial charge in [-0.15, -0.1) is 0 Å². The van der Waals surface area contributed by atoms with Crippen molar-refractivity contribution in [3.63, 3.8) is 0 Å². The molecule has 7 nitrogen and oxygen atoms in total. The van der Waals surface area contributed by atoms with Crippen LogP contribution in [0.5, 0.6) is 0 Å². The SMILES string of the molecule is CCc1ccc(NC(=O)c2cnc(Nc3ccc(C(=O)OC)cc3)cn2)cc1. The molecule has 2 aromatic carbocycles. The number of benzene rings is 2. The predicted octanol–water partition coefficient (Wildman–Crippen LogP) is 3.82. The first-order chi connectivity index (χ1) is 13.6. The average Bonchev–Trinajstić information content (AvgIpc) is 2.74. The van der Waals surface area contributed by atoms with Crippen LogP contribution in [0.15, 0.2) is 60.9 Å². The van der Waals surface area contributed by atoms with E-state index in [0.29, 0.717) is 17.1 Å². The van der Waals surface area contributed by atoms with Gasteiger partial charge in [0, 0.05) is 11.4 Å². The van der Waals surface area contributed by atoms with E-state index in [0.717, 1.165) is 12.1 Å². The first-order valence-electron chi connectivity index (χ1n) is 8.76. The Balaban J connectivity index is 1.62. The number of rotatable bonds is 6. The van der Waals surface area contributed by atoms with Gasteiger partial charge in [0.1, 0.15) is 11.5 Å². The Bertz CT molecular complexity index is 952. The zero-order valence-electron chi connectivity index (χ0n) is 15.6. The normalized spacial score (nSPS) is 10.2. The van der Waals surface area contributed by atoms with E-state index >= 15 is 0 Å². The highest BCUT2D eigenvalue weighted by Gasteiger charge is 2.09. The number of ether oxygens (including phenoxy) is 1. The van der Waals surface area contributed by atoms with Crippen molar-refractivity contribution in [2.45, 2.75) is 13.3 Å². The smallest absolute Gasteiger partial charge is 0.337 e. The molecule has 7 heteroatoms. The fraction of sp³-hybridized carbons (Fsp3) is 0.143. The summed E-state index contributed by atoms with van der Waals surface area (Å²) in [6.07, 6.45) is 3.82. The maximum Gasteiger partial charge on any atom is 0.337 e. The summed E-state index contributed by atoms with van der Waals surface area (Å²) in [5, 5.41) is 5.85. The fourth-order valence-electron chi connectivity index (χ4n) is 2.48. The summed E-state index contributed by atoms with van der Waals surface area (Å²) >= 11 is 0. The molecule has 1 aromatic heterocycles. The Morgan fingerprint density at radius 2 is 1.61 bits per heavy atom. The Kier molecular flexibility index (Phi) is 5.96. The molecule has 0 bridgehead atoms. The summed E-state index contributed by atoms with van der Waals surface area (Å²) in [5.41, 5.74) is 3.31. The van der Waals surface area contributed by atoms with Crippen LogP contribution < -0.4 is 10.6 Å². The minimum Gasteiger partial charge on any atom is -0.465 e. The lowest BCUT2D eigenvalue weighted by atomic mass is 10.1. The molecule has 0 spiro atoms. The van der Waals surface area contributed by atoms with E-state index in [1.165, 1.54) is 25.1 Å². The van der Waals surface area contributed by atoms with Crippen molar-refractivity contribution in [1.29, 1.82) is 0 Å². The lowest BCUT2D eigenvalue weighted by Gasteiger charge is -2.08. The van der Waals surface area contributed by atoms with E-state index in [4.69, 9.17) is 0 Å². The zero-order valence-corrected chi connectivity index (χ0v) is 15.6. The number of aromatic nitrogens is 2. The molecule has 2 N–H and O–H groups in total. The molecule has 0 fully saturated rings. The molecule has 142 valence electrons. The number of nitrogens with one attached hydrogen (secondary N) is 2. The molecule has 0 aliphatic heterocycles. The van der Waals surface area contributed by atoms with E-state index in [9.17, 15) is 9.59 Å². The van der Waals surface area contributed by atoms with Gasteiger partial charge in [0.2, 0.25) is 0 Å². The Morgan fingerprint density at radius 1 is 0.929 bits per heavy atom. The molecule has 28 heavy (non-hydrogen) atoms. The summed E-state index contributed by atoms with van der Waals surface area (Å²) in [6, 6.07) is 14.4. The monoisotopic (exact) mass is 376 g/mol. The highest BCUT2D eigenvalue weighted by Crippen LogP contribution is 2.16. The third-order valence-corrected chi connectivity index (χ3v) is 4.08. The lowest BCUT2D eigenvalue weighted by molar-refractivity contribution is 0.0600. The van der Waals surface area contributed by atoms with Crippen LogP contribution in [0.25, 0.3) is 0 Å².